The second-order valence-electron chi connectivity index (χ2n) is 3.19. The molecule has 2 rings (SSSR count). The Morgan fingerprint density at radius 3 is 2.81 bits per heavy atom. The monoisotopic (exact) mass is 304 g/mol. The van der Waals surface area contributed by atoms with Crippen molar-refractivity contribution >= 4 is 27.5 Å². The number of hydrogen-bond acceptors (Lipinski definition) is 3. The minimum absolute atomic E-state index is 0.126. The molecule has 0 saturated heterocycles. The molecule has 1 aromatic heterocycles. The van der Waals surface area contributed by atoms with Crippen molar-refractivity contribution in [3.8, 4) is 11.5 Å². The van der Waals surface area contributed by atoms with Crippen molar-refractivity contribution in [1.82, 2.24) is 10.2 Å². The number of alkyl halides is 1. The van der Waals surface area contributed by atoms with E-state index in [1.165, 1.54) is 6.07 Å². The highest BCUT2D eigenvalue weighted by atomic mass is 79.9. The Bertz CT molecular complexity index is 515. The molecule has 3 nitrogen and oxygen atoms in total. The van der Waals surface area contributed by atoms with E-state index in [1.54, 1.807) is 19.1 Å². The van der Waals surface area contributed by atoms with Gasteiger partial charge in [-0.25, -0.2) is 4.39 Å². The van der Waals surface area contributed by atoms with Crippen LogP contribution in [0.3, 0.4) is 0 Å². The molecule has 2 aromatic rings. The molecular formula is C10H7BrClFN2O. The third-order valence-corrected chi connectivity index (χ3v) is 2.62. The number of aromatic nitrogens is 2. The molecule has 16 heavy (non-hydrogen) atoms. The lowest BCUT2D eigenvalue weighted by atomic mass is 10.2. The minimum Gasteiger partial charge on any atom is -0.419 e. The summed E-state index contributed by atoms with van der Waals surface area (Å²) in [6, 6.07) is 4.50. The Hall–Kier alpha value is -0.940. The van der Waals surface area contributed by atoms with Crippen LogP contribution in [0.15, 0.2) is 27.1 Å². The van der Waals surface area contributed by atoms with Crippen LogP contribution >= 0.6 is 27.5 Å². The summed E-state index contributed by atoms with van der Waals surface area (Å²) in [5.41, 5.74) is 0.255. The van der Waals surface area contributed by atoms with Gasteiger partial charge in [-0.1, -0.05) is 15.9 Å². The first-order valence-electron chi connectivity index (χ1n) is 4.51. The van der Waals surface area contributed by atoms with E-state index in [0.717, 1.165) is 4.47 Å². The zero-order valence-electron chi connectivity index (χ0n) is 8.25. The molecule has 84 valence electrons. The van der Waals surface area contributed by atoms with Crippen molar-refractivity contribution in [2.75, 3.05) is 0 Å². The van der Waals surface area contributed by atoms with E-state index in [0.29, 0.717) is 0 Å². The lowest BCUT2D eigenvalue weighted by molar-refractivity contribution is 0.502. The van der Waals surface area contributed by atoms with E-state index in [2.05, 4.69) is 26.1 Å². The Labute approximate surface area is 105 Å². The largest absolute Gasteiger partial charge is 0.419 e. The van der Waals surface area contributed by atoms with Crippen LogP contribution in [-0.2, 0) is 0 Å². The average Bonchev–Trinajstić information content (AvgIpc) is 2.70. The van der Waals surface area contributed by atoms with E-state index in [-0.39, 0.29) is 17.3 Å². The maximum Gasteiger partial charge on any atom is 0.250 e. The number of rotatable bonds is 2. The first-order chi connectivity index (χ1) is 7.58. The van der Waals surface area contributed by atoms with Gasteiger partial charge in [0.15, 0.2) is 0 Å². The molecule has 1 atom stereocenters. The molecule has 1 unspecified atom stereocenters. The number of halogens is 3. The minimum atomic E-state index is -0.416. The summed E-state index contributed by atoms with van der Waals surface area (Å²) in [6.45, 7) is 1.70. The third-order valence-electron chi connectivity index (χ3n) is 1.94. The zero-order valence-corrected chi connectivity index (χ0v) is 10.6. The average molecular weight is 306 g/mol. The topological polar surface area (TPSA) is 38.9 Å². The van der Waals surface area contributed by atoms with Crippen molar-refractivity contribution in [1.29, 1.82) is 0 Å². The molecule has 0 spiro atoms. The second kappa shape index (κ2) is 4.51. The number of nitrogens with zero attached hydrogens (tertiary/aromatic N) is 2. The fourth-order valence-corrected chi connectivity index (χ4v) is 1.61. The molecule has 1 aromatic carbocycles. The van der Waals surface area contributed by atoms with Gasteiger partial charge in [0.1, 0.15) is 11.2 Å². The summed E-state index contributed by atoms with van der Waals surface area (Å²) in [4.78, 5) is 0. The van der Waals surface area contributed by atoms with E-state index < -0.39 is 11.2 Å². The molecule has 6 heteroatoms. The van der Waals surface area contributed by atoms with Gasteiger partial charge in [-0.15, -0.1) is 21.8 Å². The molecule has 0 saturated carbocycles. The van der Waals surface area contributed by atoms with E-state index in [9.17, 15) is 4.39 Å². The summed E-state index contributed by atoms with van der Waals surface area (Å²) >= 11 is 9.02. The zero-order chi connectivity index (χ0) is 11.7. The van der Waals surface area contributed by atoms with E-state index >= 15 is 0 Å². The van der Waals surface area contributed by atoms with Gasteiger partial charge in [0.25, 0.3) is 5.89 Å². The van der Waals surface area contributed by atoms with E-state index in [1.807, 2.05) is 0 Å². The van der Waals surface area contributed by atoms with Crippen molar-refractivity contribution < 1.29 is 8.81 Å². The maximum absolute atomic E-state index is 13.5. The van der Waals surface area contributed by atoms with Crippen LogP contribution in [0, 0.1) is 5.82 Å². The first kappa shape index (κ1) is 11.5. The summed E-state index contributed by atoms with van der Waals surface area (Å²) in [5, 5.41) is 7.09. The Morgan fingerprint density at radius 2 is 2.19 bits per heavy atom. The van der Waals surface area contributed by atoms with Crippen molar-refractivity contribution in [2.45, 2.75) is 12.3 Å². The molecule has 0 radical (unpaired) electrons. The Kier molecular flexibility index (Phi) is 3.25. The van der Waals surface area contributed by atoms with Crippen LogP contribution in [0.25, 0.3) is 11.5 Å². The second-order valence-corrected chi connectivity index (χ2v) is 4.76. The van der Waals surface area contributed by atoms with Gasteiger partial charge in [-0.05, 0) is 25.1 Å². The SMILES string of the molecule is CC(Cl)c1nnc(-c2cc(Br)ccc2F)o1. The molecule has 0 bridgehead atoms. The predicted molar refractivity (Wildman–Crippen MR) is 61.7 cm³/mol. The van der Waals surface area contributed by atoms with Gasteiger partial charge >= 0.3 is 0 Å². The van der Waals surface area contributed by atoms with Crippen LogP contribution in [0.2, 0.25) is 0 Å². The highest BCUT2D eigenvalue weighted by Gasteiger charge is 2.15. The van der Waals surface area contributed by atoms with Crippen LogP contribution in [0.5, 0.6) is 0 Å². The fourth-order valence-electron chi connectivity index (χ4n) is 1.17. The quantitative estimate of drug-likeness (QED) is 0.789. The van der Waals surface area contributed by atoms with Gasteiger partial charge in [0.05, 0.1) is 5.56 Å². The number of hydrogen-bond donors (Lipinski definition) is 0. The van der Waals surface area contributed by atoms with Gasteiger partial charge in [0, 0.05) is 4.47 Å². The predicted octanol–water partition coefficient (Wildman–Crippen LogP) is 3.94. The van der Waals surface area contributed by atoms with Crippen LogP contribution < -0.4 is 0 Å². The van der Waals surface area contributed by atoms with Gasteiger partial charge < -0.3 is 4.42 Å². The van der Waals surface area contributed by atoms with Gasteiger partial charge in [0.2, 0.25) is 5.89 Å². The van der Waals surface area contributed by atoms with Crippen molar-refractivity contribution in [2.24, 2.45) is 0 Å². The summed E-state index contributed by atoms with van der Waals surface area (Å²) in [5.74, 6) is -0.0158. The smallest absolute Gasteiger partial charge is 0.250 e. The van der Waals surface area contributed by atoms with Crippen LogP contribution in [0.1, 0.15) is 18.2 Å². The van der Waals surface area contributed by atoms with Crippen LogP contribution in [-0.4, -0.2) is 10.2 Å². The molecule has 0 fully saturated rings. The first-order valence-corrected chi connectivity index (χ1v) is 5.74. The summed E-state index contributed by atoms with van der Waals surface area (Å²) in [7, 11) is 0. The normalized spacial score (nSPS) is 12.8. The van der Waals surface area contributed by atoms with Gasteiger partial charge in [-0.2, -0.15) is 0 Å². The molecule has 0 amide bonds. The highest BCUT2D eigenvalue weighted by molar-refractivity contribution is 9.10. The summed E-state index contributed by atoms with van der Waals surface area (Å²) < 4.78 is 19.5. The highest BCUT2D eigenvalue weighted by Crippen LogP contribution is 2.27. The lowest BCUT2D eigenvalue weighted by Crippen LogP contribution is -1.84. The molecular weight excluding hydrogens is 298 g/mol. The van der Waals surface area contributed by atoms with E-state index in [4.69, 9.17) is 16.0 Å². The standard InChI is InChI=1S/C10H7BrClFN2O/c1-5(12)9-14-15-10(16-9)7-4-6(11)2-3-8(7)13/h2-5H,1H3. The molecule has 0 aliphatic heterocycles. The lowest BCUT2D eigenvalue weighted by Gasteiger charge is -1.98. The molecule has 1 heterocycles. The molecule has 0 aliphatic rings. The molecule has 0 aliphatic carbocycles. The van der Waals surface area contributed by atoms with Gasteiger partial charge in [-0.3, -0.25) is 0 Å². The third kappa shape index (κ3) is 2.25. The summed E-state index contributed by atoms with van der Waals surface area (Å²) in [6.07, 6.45) is 0. The fraction of sp³-hybridized carbons (Fsp3) is 0.200. The Morgan fingerprint density at radius 1 is 1.44 bits per heavy atom. The maximum atomic E-state index is 13.5. The van der Waals surface area contributed by atoms with Crippen molar-refractivity contribution in [3.63, 3.8) is 0 Å². The molecule has 0 N–H and O–H groups in total. The van der Waals surface area contributed by atoms with Crippen molar-refractivity contribution in [3.05, 3.63) is 34.4 Å². The van der Waals surface area contributed by atoms with Crippen LogP contribution in [0.4, 0.5) is 4.39 Å². The Balaban J connectivity index is 2.46. The number of benzene rings is 1.